The first-order chi connectivity index (χ1) is 7.90. The van der Waals surface area contributed by atoms with Crippen LogP contribution in [0.15, 0.2) is 12.7 Å². The van der Waals surface area contributed by atoms with Crippen LogP contribution < -0.4 is 0 Å². The van der Waals surface area contributed by atoms with Gasteiger partial charge in [0.25, 0.3) is 10.1 Å². The summed E-state index contributed by atoms with van der Waals surface area (Å²) in [6.45, 7) is 5.34. The van der Waals surface area contributed by atoms with Crippen LogP contribution >= 0.6 is 23.5 Å². The highest BCUT2D eigenvalue weighted by atomic mass is 32.2. The van der Waals surface area contributed by atoms with Crippen molar-refractivity contribution in [3.05, 3.63) is 12.7 Å². The van der Waals surface area contributed by atoms with Crippen molar-refractivity contribution < 1.29 is 17.8 Å². The van der Waals surface area contributed by atoms with Gasteiger partial charge in [0, 0.05) is 11.0 Å². The summed E-state index contributed by atoms with van der Waals surface area (Å²) in [6.07, 6.45) is 2.96. The first-order valence-electron chi connectivity index (χ1n) is 5.29. The molecule has 4 nitrogen and oxygen atoms in total. The number of hydrogen-bond donors (Lipinski definition) is 1. The van der Waals surface area contributed by atoms with Gasteiger partial charge in [0.1, 0.15) is 0 Å². The summed E-state index contributed by atoms with van der Waals surface area (Å²) >= 11 is 3.12. The molecule has 7 heteroatoms. The lowest BCUT2D eigenvalue weighted by Crippen LogP contribution is -2.38. The molecule has 0 bridgehead atoms. The molecule has 0 spiro atoms. The molecule has 1 saturated heterocycles. The second kappa shape index (κ2) is 6.26. The van der Waals surface area contributed by atoms with E-state index in [4.69, 9.17) is 4.55 Å². The normalized spacial score (nSPS) is 26.7. The monoisotopic (exact) mass is 296 g/mol. The number of carbonyl (C=O) groups is 1. The Labute approximate surface area is 110 Å². The number of thioether (sulfide) groups is 2. The van der Waals surface area contributed by atoms with Crippen LogP contribution in [0.25, 0.3) is 0 Å². The number of ketones is 1. The van der Waals surface area contributed by atoms with Crippen molar-refractivity contribution >= 4 is 39.4 Å². The molecule has 1 N–H and O–H groups in total. The Morgan fingerprint density at radius 3 is 2.76 bits per heavy atom. The maximum Gasteiger partial charge on any atom is 0.276 e. The predicted molar refractivity (Wildman–Crippen MR) is 73.1 cm³/mol. The predicted octanol–water partition coefficient (Wildman–Crippen LogP) is 1.97. The van der Waals surface area contributed by atoms with Crippen LogP contribution in [0.2, 0.25) is 0 Å². The molecule has 0 radical (unpaired) electrons. The van der Waals surface area contributed by atoms with Crippen LogP contribution in [0, 0.1) is 0 Å². The third-order valence-electron chi connectivity index (χ3n) is 2.44. The van der Waals surface area contributed by atoms with E-state index in [9.17, 15) is 13.2 Å². The third kappa shape index (κ3) is 4.01. The first-order valence-corrected chi connectivity index (χ1v) is 8.79. The van der Waals surface area contributed by atoms with E-state index in [0.29, 0.717) is 10.3 Å². The molecule has 0 aromatic rings. The van der Waals surface area contributed by atoms with Gasteiger partial charge in [0.2, 0.25) is 0 Å². The van der Waals surface area contributed by atoms with E-state index in [2.05, 4.69) is 13.5 Å². The Bertz CT molecular complexity index is 390. The molecule has 3 unspecified atom stereocenters. The summed E-state index contributed by atoms with van der Waals surface area (Å²) in [7, 11) is -4.35. The summed E-state index contributed by atoms with van der Waals surface area (Å²) in [6, 6.07) is 0. The lowest BCUT2D eigenvalue weighted by Gasteiger charge is -2.17. The van der Waals surface area contributed by atoms with Gasteiger partial charge in [-0.25, -0.2) is 0 Å². The molecule has 1 rings (SSSR count). The van der Waals surface area contributed by atoms with E-state index in [1.807, 2.05) is 0 Å². The van der Waals surface area contributed by atoms with E-state index < -0.39 is 21.2 Å². The summed E-state index contributed by atoms with van der Waals surface area (Å²) in [5.41, 5.74) is 0. The van der Waals surface area contributed by atoms with E-state index in [0.717, 1.165) is 18.9 Å². The van der Waals surface area contributed by atoms with Crippen LogP contribution in [-0.2, 0) is 14.9 Å². The maximum absolute atomic E-state index is 11.5. The molecule has 0 aromatic carbocycles. The van der Waals surface area contributed by atoms with Gasteiger partial charge < -0.3 is 0 Å². The molecule has 1 aliphatic heterocycles. The zero-order valence-electron chi connectivity index (χ0n) is 9.53. The van der Waals surface area contributed by atoms with Crippen molar-refractivity contribution in [2.24, 2.45) is 0 Å². The Kier molecular flexibility index (Phi) is 5.56. The minimum absolute atomic E-state index is 0.312. The Morgan fingerprint density at radius 2 is 2.29 bits per heavy atom. The van der Waals surface area contributed by atoms with Gasteiger partial charge in [-0.3, -0.25) is 9.35 Å². The number of rotatable bonds is 6. The van der Waals surface area contributed by atoms with Crippen molar-refractivity contribution in [1.82, 2.24) is 0 Å². The Hall–Kier alpha value is 0.0200. The quantitative estimate of drug-likeness (QED) is 0.597. The van der Waals surface area contributed by atoms with Crippen molar-refractivity contribution in [3.8, 4) is 0 Å². The lowest BCUT2D eigenvalue weighted by molar-refractivity contribution is -0.114. The molecule has 1 heterocycles. The van der Waals surface area contributed by atoms with Crippen molar-refractivity contribution in [1.29, 1.82) is 0 Å². The van der Waals surface area contributed by atoms with E-state index in [1.165, 1.54) is 11.8 Å². The highest BCUT2D eigenvalue weighted by molar-refractivity contribution is 8.20. The number of allylic oxidation sites excluding steroid dienone is 1. The zero-order chi connectivity index (χ0) is 13.1. The molecular formula is C10H16O4S3. The van der Waals surface area contributed by atoms with Crippen molar-refractivity contribution in [2.75, 3.05) is 5.75 Å². The van der Waals surface area contributed by atoms with Crippen LogP contribution in [0.5, 0.6) is 0 Å². The topological polar surface area (TPSA) is 71.4 Å². The summed E-state index contributed by atoms with van der Waals surface area (Å²) in [5, 5.41) is -1.74. The van der Waals surface area contributed by atoms with Crippen LogP contribution in [0.4, 0.5) is 0 Å². The van der Waals surface area contributed by atoms with Crippen LogP contribution in [-0.4, -0.2) is 39.6 Å². The fourth-order valence-electron chi connectivity index (χ4n) is 1.66. The van der Waals surface area contributed by atoms with Crippen LogP contribution in [0.1, 0.15) is 19.8 Å². The van der Waals surface area contributed by atoms with Gasteiger partial charge in [-0.15, -0.1) is 23.5 Å². The highest BCUT2D eigenvalue weighted by Crippen LogP contribution is 2.43. The molecule has 0 aliphatic carbocycles. The Balaban J connectivity index is 2.81. The van der Waals surface area contributed by atoms with Gasteiger partial charge in [-0.2, -0.15) is 8.42 Å². The summed E-state index contributed by atoms with van der Waals surface area (Å²) in [4.78, 5) is 11.5. The molecule has 98 valence electrons. The minimum atomic E-state index is -4.35. The highest BCUT2D eigenvalue weighted by Gasteiger charge is 2.41. The van der Waals surface area contributed by atoms with Gasteiger partial charge in [-0.1, -0.05) is 19.9 Å². The zero-order valence-corrected chi connectivity index (χ0v) is 12.0. The van der Waals surface area contributed by atoms with E-state index >= 15 is 0 Å². The smallest absolute Gasteiger partial charge is 0.276 e. The summed E-state index contributed by atoms with van der Waals surface area (Å²) < 4.78 is 31.9. The number of hydrogen-bond acceptors (Lipinski definition) is 5. The van der Waals surface area contributed by atoms with Gasteiger partial charge in [0.05, 0.1) is 4.58 Å². The van der Waals surface area contributed by atoms with Crippen LogP contribution in [0.3, 0.4) is 0 Å². The average molecular weight is 296 g/mol. The van der Waals surface area contributed by atoms with Gasteiger partial charge in [-0.05, 0) is 12.5 Å². The fraction of sp³-hybridized carbons (Fsp3) is 0.700. The maximum atomic E-state index is 11.5. The molecular weight excluding hydrogens is 280 g/mol. The first kappa shape index (κ1) is 15.1. The molecule has 3 atom stereocenters. The molecule has 0 amide bonds. The molecule has 17 heavy (non-hydrogen) atoms. The average Bonchev–Trinajstić information content (AvgIpc) is 2.64. The van der Waals surface area contributed by atoms with Gasteiger partial charge in [0.15, 0.2) is 11.0 Å². The standard InChI is InChI=1S/C10H16O4S3/c1-3-5-9-15-6-8(16-9)10(7(11)4-2)17(12,13)14/h4,8-10H,2-3,5-6H2,1H3,(H,12,13,14). The lowest BCUT2D eigenvalue weighted by atomic mass is 10.2. The minimum Gasteiger partial charge on any atom is -0.293 e. The van der Waals surface area contributed by atoms with Crippen molar-refractivity contribution in [3.63, 3.8) is 0 Å². The second-order valence-corrected chi connectivity index (χ2v) is 8.29. The van der Waals surface area contributed by atoms with E-state index in [1.54, 1.807) is 11.8 Å². The van der Waals surface area contributed by atoms with Gasteiger partial charge >= 0.3 is 0 Å². The number of carbonyl (C=O) groups excluding carboxylic acids is 1. The largest absolute Gasteiger partial charge is 0.293 e. The SMILES string of the molecule is C=CC(=O)C(C1CSC(CCC)S1)S(=O)(=O)O. The summed E-state index contributed by atoms with van der Waals surface area (Å²) in [5.74, 6) is -0.0536. The Morgan fingerprint density at radius 1 is 1.65 bits per heavy atom. The second-order valence-electron chi connectivity index (χ2n) is 3.77. The molecule has 1 fully saturated rings. The molecule has 0 saturated carbocycles. The fourth-order valence-corrected chi connectivity index (χ4v) is 6.83. The van der Waals surface area contributed by atoms with Crippen molar-refractivity contribution in [2.45, 2.75) is 34.8 Å². The van der Waals surface area contributed by atoms with E-state index in [-0.39, 0.29) is 5.25 Å². The third-order valence-corrected chi connectivity index (χ3v) is 7.25. The molecule has 1 aliphatic rings. The molecule has 0 aromatic heterocycles.